The molecule has 1 aromatic rings. The third-order valence-electron chi connectivity index (χ3n) is 4.32. The Hall–Kier alpha value is -1.07. The number of alkyl halides is 3. The van der Waals surface area contributed by atoms with E-state index in [1.165, 1.54) is 12.1 Å². The largest absolute Gasteiger partial charge is 0.416 e. The van der Waals surface area contributed by atoms with Crippen LogP contribution in [0, 0.1) is 0 Å². The molecule has 2 unspecified atom stereocenters. The number of nitrogens with one attached hydrogen (secondary N) is 1. The minimum atomic E-state index is -4.26. The Labute approximate surface area is 124 Å². The topological polar surface area (TPSA) is 15.3 Å². The number of likely N-dealkylation sites (N-methyl/N-ethyl adjacent to an activating group) is 1. The lowest BCUT2D eigenvalue weighted by Crippen LogP contribution is -2.46. The first kappa shape index (κ1) is 16.3. The van der Waals surface area contributed by atoms with Crippen LogP contribution < -0.4 is 5.32 Å². The smallest absolute Gasteiger partial charge is 0.315 e. The van der Waals surface area contributed by atoms with Gasteiger partial charge in [0.2, 0.25) is 0 Å². The summed E-state index contributed by atoms with van der Waals surface area (Å²) in [4.78, 5) is 2.37. The summed E-state index contributed by atoms with van der Waals surface area (Å²) >= 11 is 0. The molecule has 0 bridgehead atoms. The van der Waals surface area contributed by atoms with Gasteiger partial charge in [0.1, 0.15) is 0 Å². The van der Waals surface area contributed by atoms with E-state index in [2.05, 4.69) is 24.1 Å². The fraction of sp³-hybridized carbons (Fsp3) is 0.625. The van der Waals surface area contributed by atoms with Crippen LogP contribution in [0.4, 0.5) is 13.2 Å². The van der Waals surface area contributed by atoms with E-state index in [-0.39, 0.29) is 6.04 Å². The van der Waals surface area contributed by atoms with E-state index >= 15 is 0 Å². The molecular weight excluding hydrogens is 277 g/mol. The standard InChI is InChI=1S/C16H23F3N2/c1-3-21(15-5-4-10-20-11-15)12(2)13-6-8-14(9-7-13)16(17,18)19/h6-9,12,15,20H,3-5,10-11H2,1-2H3. The average molecular weight is 300 g/mol. The number of hydrogen-bond donors (Lipinski definition) is 1. The Morgan fingerprint density at radius 1 is 1.29 bits per heavy atom. The quantitative estimate of drug-likeness (QED) is 0.909. The molecule has 1 aromatic carbocycles. The van der Waals surface area contributed by atoms with E-state index in [9.17, 15) is 13.2 Å². The van der Waals surface area contributed by atoms with Crippen LogP contribution >= 0.6 is 0 Å². The van der Waals surface area contributed by atoms with Crippen molar-refractivity contribution in [3.8, 4) is 0 Å². The zero-order chi connectivity index (χ0) is 15.5. The maximum absolute atomic E-state index is 12.6. The second-order valence-corrected chi connectivity index (χ2v) is 5.63. The molecule has 2 atom stereocenters. The second-order valence-electron chi connectivity index (χ2n) is 5.63. The highest BCUT2D eigenvalue weighted by molar-refractivity contribution is 5.26. The first-order chi connectivity index (χ1) is 9.93. The van der Waals surface area contributed by atoms with Gasteiger partial charge in [-0.3, -0.25) is 4.90 Å². The molecule has 0 aromatic heterocycles. The predicted molar refractivity (Wildman–Crippen MR) is 78.1 cm³/mol. The van der Waals surface area contributed by atoms with Gasteiger partial charge in [0.15, 0.2) is 0 Å². The van der Waals surface area contributed by atoms with Crippen LogP contribution in [-0.2, 0) is 6.18 Å². The van der Waals surface area contributed by atoms with Crippen LogP contribution in [0.1, 0.15) is 43.9 Å². The monoisotopic (exact) mass is 300 g/mol. The maximum Gasteiger partial charge on any atom is 0.416 e. The van der Waals surface area contributed by atoms with Crippen molar-refractivity contribution in [3.63, 3.8) is 0 Å². The maximum atomic E-state index is 12.6. The lowest BCUT2D eigenvalue weighted by Gasteiger charge is -2.38. The Morgan fingerprint density at radius 2 is 1.95 bits per heavy atom. The van der Waals surface area contributed by atoms with Crippen LogP contribution in [0.5, 0.6) is 0 Å². The number of halogens is 3. The molecule has 2 nitrogen and oxygen atoms in total. The van der Waals surface area contributed by atoms with E-state index in [1.54, 1.807) is 12.1 Å². The SMILES string of the molecule is CCN(C1CCCNC1)C(C)c1ccc(C(F)(F)F)cc1. The van der Waals surface area contributed by atoms with E-state index < -0.39 is 11.7 Å². The zero-order valence-corrected chi connectivity index (χ0v) is 12.6. The Kier molecular flexibility index (Phi) is 5.27. The van der Waals surface area contributed by atoms with Crippen LogP contribution in [0.3, 0.4) is 0 Å². The molecule has 0 radical (unpaired) electrons. The summed E-state index contributed by atoms with van der Waals surface area (Å²) in [6.45, 7) is 7.09. The summed E-state index contributed by atoms with van der Waals surface area (Å²) < 4.78 is 37.9. The Balaban J connectivity index is 2.11. The minimum absolute atomic E-state index is 0.127. The second kappa shape index (κ2) is 6.79. The molecule has 21 heavy (non-hydrogen) atoms. The molecule has 0 aliphatic carbocycles. The van der Waals surface area contributed by atoms with E-state index in [0.717, 1.165) is 38.0 Å². The highest BCUT2D eigenvalue weighted by Crippen LogP contribution is 2.31. The van der Waals surface area contributed by atoms with Crippen molar-refractivity contribution in [2.45, 2.75) is 44.9 Å². The lowest BCUT2D eigenvalue weighted by molar-refractivity contribution is -0.137. The van der Waals surface area contributed by atoms with Gasteiger partial charge in [0.25, 0.3) is 0 Å². The van der Waals surface area contributed by atoms with Crippen LogP contribution in [-0.4, -0.2) is 30.6 Å². The molecule has 5 heteroatoms. The van der Waals surface area contributed by atoms with Crippen molar-refractivity contribution in [3.05, 3.63) is 35.4 Å². The third-order valence-corrected chi connectivity index (χ3v) is 4.32. The summed E-state index contributed by atoms with van der Waals surface area (Å²) in [5.74, 6) is 0. The highest BCUT2D eigenvalue weighted by Gasteiger charge is 2.31. The number of benzene rings is 1. The molecule has 1 heterocycles. The molecule has 1 saturated heterocycles. The van der Waals surface area contributed by atoms with E-state index in [1.807, 2.05) is 0 Å². The summed E-state index contributed by atoms with van der Waals surface area (Å²) in [5, 5.41) is 3.39. The first-order valence-electron chi connectivity index (χ1n) is 7.57. The molecule has 0 saturated carbocycles. The Bertz CT molecular complexity index is 436. The van der Waals surface area contributed by atoms with Gasteiger partial charge < -0.3 is 5.32 Å². The molecule has 1 N–H and O–H groups in total. The molecule has 1 aliphatic heterocycles. The Morgan fingerprint density at radius 3 is 2.43 bits per heavy atom. The van der Waals surface area contributed by atoms with Gasteiger partial charge in [-0.1, -0.05) is 19.1 Å². The first-order valence-corrected chi connectivity index (χ1v) is 7.57. The normalized spacial score (nSPS) is 21.5. The van der Waals surface area contributed by atoms with Gasteiger partial charge >= 0.3 is 6.18 Å². The third kappa shape index (κ3) is 3.98. The number of rotatable bonds is 4. The zero-order valence-electron chi connectivity index (χ0n) is 12.6. The summed E-state index contributed by atoms with van der Waals surface area (Å²) in [5.41, 5.74) is 0.358. The molecule has 2 rings (SSSR count). The fourth-order valence-electron chi connectivity index (χ4n) is 3.11. The molecule has 0 spiro atoms. The number of hydrogen-bond acceptors (Lipinski definition) is 2. The highest BCUT2D eigenvalue weighted by atomic mass is 19.4. The van der Waals surface area contributed by atoms with Crippen molar-refractivity contribution in [1.82, 2.24) is 10.2 Å². The van der Waals surface area contributed by atoms with Crippen LogP contribution in [0.25, 0.3) is 0 Å². The van der Waals surface area contributed by atoms with Gasteiger partial charge in [-0.05, 0) is 50.6 Å². The van der Waals surface area contributed by atoms with E-state index in [0.29, 0.717) is 6.04 Å². The molecule has 0 amide bonds. The number of nitrogens with zero attached hydrogens (tertiary/aromatic N) is 1. The lowest BCUT2D eigenvalue weighted by atomic mass is 9.99. The van der Waals surface area contributed by atoms with Gasteiger partial charge in [-0.25, -0.2) is 0 Å². The summed E-state index contributed by atoms with van der Waals surface area (Å²) in [6, 6.07) is 6.15. The van der Waals surface area contributed by atoms with Gasteiger partial charge in [-0.15, -0.1) is 0 Å². The van der Waals surface area contributed by atoms with Gasteiger partial charge in [0.05, 0.1) is 5.56 Å². The van der Waals surface area contributed by atoms with Crippen molar-refractivity contribution in [1.29, 1.82) is 0 Å². The van der Waals surface area contributed by atoms with Crippen molar-refractivity contribution >= 4 is 0 Å². The van der Waals surface area contributed by atoms with Crippen LogP contribution in [0.15, 0.2) is 24.3 Å². The number of piperidine rings is 1. The fourth-order valence-corrected chi connectivity index (χ4v) is 3.11. The molecule has 1 aliphatic rings. The minimum Gasteiger partial charge on any atom is -0.315 e. The molecule has 118 valence electrons. The van der Waals surface area contributed by atoms with Gasteiger partial charge in [-0.2, -0.15) is 13.2 Å². The summed E-state index contributed by atoms with van der Waals surface area (Å²) in [6.07, 6.45) is -1.97. The summed E-state index contributed by atoms with van der Waals surface area (Å²) in [7, 11) is 0. The van der Waals surface area contributed by atoms with Crippen molar-refractivity contribution in [2.75, 3.05) is 19.6 Å². The van der Waals surface area contributed by atoms with E-state index in [4.69, 9.17) is 0 Å². The van der Waals surface area contributed by atoms with Crippen molar-refractivity contribution < 1.29 is 13.2 Å². The van der Waals surface area contributed by atoms with Crippen LogP contribution in [0.2, 0.25) is 0 Å². The van der Waals surface area contributed by atoms with Crippen molar-refractivity contribution in [2.24, 2.45) is 0 Å². The van der Waals surface area contributed by atoms with Gasteiger partial charge in [0, 0.05) is 18.6 Å². The average Bonchev–Trinajstić information content (AvgIpc) is 2.48. The molecular formula is C16H23F3N2. The predicted octanol–water partition coefficient (Wildman–Crippen LogP) is 3.84. The molecule has 1 fully saturated rings.